The Balaban J connectivity index is 3.29. The molecule has 1 rings (SSSR count). The van der Waals surface area contributed by atoms with E-state index < -0.39 is 18.1 Å². The van der Waals surface area contributed by atoms with E-state index in [1.165, 1.54) is 13.0 Å². The van der Waals surface area contributed by atoms with Crippen molar-refractivity contribution in [2.75, 3.05) is 7.11 Å². The monoisotopic (exact) mass is 235 g/mol. The van der Waals surface area contributed by atoms with Crippen LogP contribution in [-0.4, -0.2) is 18.1 Å². The van der Waals surface area contributed by atoms with Crippen molar-refractivity contribution in [3.05, 3.63) is 28.0 Å². The molecule has 0 unspecified atom stereocenters. The summed E-state index contributed by atoms with van der Waals surface area (Å²) in [7, 11) is 1.15. The minimum Gasteiger partial charge on any atom is -0.464 e. The molecular weight excluding hydrogens is 228 g/mol. The summed E-state index contributed by atoms with van der Waals surface area (Å²) in [5, 5.41) is -0.127. The van der Waals surface area contributed by atoms with E-state index in [2.05, 4.69) is 9.72 Å². The summed E-state index contributed by atoms with van der Waals surface area (Å²) in [4.78, 5) is 14.5. The molecule has 0 N–H and O–H groups in total. The summed E-state index contributed by atoms with van der Waals surface area (Å²) in [5.74, 6) is -0.767. The molecule has 0 atom stereocenters. The first kappa shape index (κ1) is 11.8. The fourth-order valence-corrected chi connectivity index (χ4v) is 1.21. The van der Waals surface area contributed by atoms with E-state index in [0.29, 0.717) is 5.56 Å². The lowest BCUT2D eigenvalue weighted by Gasteiger charge is -2.07. The highest BCUT2D eigenvalue weighted by Crippen LogP contribution is 2.28. The van der Waals surface area contributed by atoms with E-state index in [1.54, 1.807) is 0 Å². The molecule has 0 aromatic carbocycles. The van der Waals surface area contributed by atoms with E-state index >= 15 is 0 Å². The number of pyridine rings is 1. The lowest BCUT2D eigenvalue weighted by molar-refractivity contribution is 0.0592. The van der Waals surface area contributed by atoms with Gasteiger partial charge in [-0.1, -0.05) is 11.6 Å². The normalized spacial score (nSPS) is 10.5. The topological polar surface area (TPSA) is 39.2 Å². The summed E-state index contributed by atoms with van der Waals surface area (Å²) in [6, 6.07) is 1.31. The van der Waals surface area contributed by atoms with Gasteiger partial charge in [0.1, 0.15) is 11.4 Å². The van der Waals surface area contributed by atoms with Crippen LogP contribution < -0.4 is 0 Å². The minimum atomic E-state index is -2.82. The van der Waals surface area contributed by atoms with Crippen molar-refractivity contribution < 1.29 is 18.3 Å². The van der Waals surface area contributed by atoms with Gasteiger partial charge >= 0.3 is 5.97 Å². The molecule has 0 bridgehead atoms. The third-order valence-electron chi connectivity index (χ3n) is 1.77. The predicted octanol–water partition coefficient (Wildman–Crippen LogP) is 2.77. The largest absolute Gasteiger partial charge is 0.464 e. The fourth-order valence-electron chi connectivity index (χ4n) is 1.04. The van der Waals surface area contributed by atoms with Gasteiger partial charge in [0.25, 0.3) is 6.43 Å². The number of nitrogens with zero attached hydrogens (tertiary/aromatic N) is 1. The lowest BCUT2D eigenvalue weighted by atomic mass is 10.2. The Kier molecular flexibility index (Phi) is 3.57. The van der Waals surface area contributed by atoms with Crippen molar-refractivity contribution in [1.82, 2.24) is 4.98 Å². The maximum absolute atomic E-state index is 12.5. The van der Waals surface area contributed by atoms with Crippen molar-refractivity contribution >= 4 is 17.6 Å². The molecule has 0 spiro atoms. The number of halogens is 3. The molecule has 0 fully saturated rings. The molecule has 0 aliphatic heterocycles. The fraction of sp³-hybridized carbons (Fsp3) is 0.333. The molecule has 0 aliphatic carbocycles. The number of esters is 1. The summed E-state index contributed by atoms with van der Waals surface area (Å²) < 4.78 is 29.3. The van der Waals surface area contributed by atoms with Crippen molar-refractivity contribution in [3.63, 3.8) is 0 Å². The standard InChI is InChI=1S/C9H8ClF2NO2/c1-4-3-5(9(14)15-2)13-7(6(4)10)8(11)12/h3,8H,1-2H3. The highest BCUT2D eigenvalue weighted by Gasteiger charge is 2.19. The number of hydrogen-bond donors (Lipinski definition) is 0. The summed E-state index contributed by atoms with van der Waals surface area (Å²) in [6.45, 7) is 1.52. The van der Waals surface area contributed by atoms with Crippen LogP contribution in [0.15, 0.2) is 6.07 Å². The first-order chi connectivity index (χ1) is 6.97. The van der Waals surface area contributed by atoms with E-state index in [1.807, 2.05) is 0 Å². The zero-order chi connectivity index (χ0) is 11.6. The molecule has 1 aromatic heterocycles. The van der Waals surface area contributed by atoms with E-state index in [9.17, 15) is 13.6 Å². The smallest absolute Gasteiger partial charge is 0.356 e. The molecule has 6 heteroatoms. The zero-order valence-corrected chi connectivity index (χ0v) is 8.81. The van der Waals surface area contributed by atoms with Crippen LogP contribution in [0.3, 0.4) is 0 Å². The number of carbonyl (C=O) groups is 1. The average molecular weight is 236 g/mol. The van der Waals surface area contributed by atoms with Crippen LogP contribution in [-0.2, 0) is 4.74 Å². The first-order valence-electron chi connectivity index (χ1n) is 4.01. The number of aromatic nitrogens is 1. The maximum atomic E-state index is 12.5. The summed E-state index contributed by atoms with van der Waals surface area (Å²) in [6.07, 6.45) is -2.82. The second kappa shape index (κ2) is 4.53. The van der Waals surface area contributed by atoms with E-state index in [-0.39, 0.29) is 10.7 Å². The van der Waals surface area contributed by atoms with Crippen LogP contribution in [0.4, 0.5) is 8.78 Å². The number of aryl methyl sites for hydroxylation is 1. The highest BCUT2D eigenvalue weighted by atomic mass is 35.5. The van der Waals surface area contributed by atoms with Crippen molar-refractivity contribution in [1.29, 1.82) is 0 Å². The van der Waals surface area contributed by atoms with Gasteiger partial charge in [-0.2, -0.15) is 0 Å². The van der Waals surface area contributed by atoms with Gasteiger partial charge in [0.2, 0.25) is 0 Å². The van der Waals surface area contributed by atoms with Gasteiger partial charge in [0.05, 0.1) is 12.1 Å². The van der Waals surface area contributed by atoms with Crippen LogP contribution in [0.5, 0.6) is 0 Å². The molecule has 0 amide bonds. The molecule has 0 aliphatic rings. The van der Waals surface area contributed by atoms with Gasteiger partial charge in [0.15, 0.2) is 0 Å². The van der Waals surface area contributed by atoms with Gasteiger partial charge in [-0.05, 0) is 18.6 Å². The van der Waals surface area contributed by atoms with Crippen molar-refractivity contribution in [3.8, 4) is 0 Å². The van der Waals surface area contributed by atoms with Gasteiger partial charge < -0.3 is 4.74 Å². The molecule has 1 aromatic rings. The van der Waals surface area contributed by atoms with Crippen LogP contribution in [0, 0.1) is 6.92 Å². The number of rotatable bonds is 2. The number of carbonyl (C=O) groups excluding carboxylic acids is 1. The Morgan fingerprint density at radius 1 is 1.60 bits per heavy atom. The van der Waals surface area contributed by atoms with Gasteiger partial charge in [-0.25, -0.2) is 18.6 Å². The molecule has 1 heterocycles. The molecule has 82 valence electrons. The quantitative estimate of drug-likeness (QED) is 0.740. The molecule has 0 saturated heterocycles. The lowest BCUT2D eigenvalue weighted by Crippen LogP contribution is -2.08. The maximum Gasteiger partial charge on any atom is 0.356 e. The Hall–Kier alpha value is -1.23. The van der Waals surface area contributed by atoms with Crippen LogP contribution in [0.1, 0.15) is 28.2 Å². The van der Waals surface area contributed by atoms with Crippen LogP contribution in [0.2, 0.25) is 5.02 Å². The number of hydrogen-bond acceptors (Lipinski definition) is 3. The molecule has 15 heavy (non-hydrogen) atoms. The zero-order valence-electron chi connectivity index (χ0n) is 8.05. The SMILES string of the molecule is COC(=O)c1cc(C)c(Cl)c(C(F)F)n1. The van der Waals surface area contributed by atoms with Crippen LogP contribution >= 0.6 is 11.6 Å². The second-order valence-electron chi connectivity index (χ2n) is 2.82. The molecular formula is C9H8ClF2NO2. The third-order valence-corrected chi connectivity index (χ3v) is 2.26. The number of alkyl halides is 2. The number of ether oxygens (including phenoxy) is 1. The van der Waals surface area contributed by atoms with Gasteiger partial charge in [-0.15, -0.1) is 0 Å². The number of methoxy groups -OCH3 is 1. The highest BCUT2D eigenvalue weighted by molar-refractivity contribution is 6.32. The predicted molar refractivity (Wildman–Crippen MR) is 50.3 cm³/mol. The first-order valence-corrected chi connectivity index (χ1v) is 4.38. The molecule has 3 nitrogen and oxygen atoms in total. The Morgan fingerprint density at radius 2 is 2.20 bits per heavy atom. The van der Waals surface area contributed by atoms with Gasteiger partial charge in [0, 0.05) is 0 Å². The summed E-state index contributed by atoms with van der Waals surface area (Å²) >= 11 is 5.61. The minimum absolute atomic E-state index is 0.127. The average Bonchev–Trinajstić information content (AvgIpc) is 2.20. The van der Waals surface area contributed by atoms with E-state index in [4.69, 9.17) is 11.6 Å². The molecule has 0 radical (unpaired) electrons. The van der Waals surface area contributed by atoms with Crippen molar-refractivity contribution in [2.24, 2.45) is 0 Å². The summed E-state index contributed by atoms with van der Waals surface area (Å²) in [5.41, 5.74) is -0.408. The van der Waals surface area contributed by atoms with Crippen LogP contribution in [0.25, 0.3) is 0 Å². The third kappa shape index (κ3) is 2.41. The van der Waals surface area contributed by atoms with E-state index in [0.717, 1.165) is 7.11 Å². The Morgan fingerprint density at radius 3 is 2.67 bits per heavy atom. The second-order valence-corrected chi connectivity index (χ2v) is 3.19. The van der Waals surface area contributed by atoms with Gasteiger partial charge in [-0.3, -0.25) is 0 Å². The Labute approximate surface area is 90.0 Å². The Bertz CT molecular complexity index is 396. The van der Waals surface area contributed by atoms with Crippen molar-refractivity contribution in [2.45, 2.75) is 13.3 Å². The molecule has 0 saturated carbocycles.